The first-order valence-corrected chi connectivity index (χ1v) is 8.02. The average Bonchev–Trinajstić information content (AvgIpc) is 2.31. The van der Waals surface area contributed by atoms with E-state index < -0.39 is 0 Å². The maximum absolute atomic E-state index is 5.81. The molecule has 1 rings (SSSR count). The average molecular weight is 254 g/mol. The Morgan fingerprint density at radius 2 is 1.94 bits per heavy atom. The summed E-state index contributed by atoms with van der Waals surface area (Å²) in [5.41, 5.74) is 5.81. The van der Waals surface area contributed by atoms with Gasteiger partial charge >= 0.3 is 0 Å². The molecule has 0 aromatic heterocycles. The van der Waals surface area contributed by atoms with Gasteiger partial charge in [-0.1, -0.05) is 26.7 Å². The molecule has 4 atom stereocenters. The highest BCUT2D eigenvalue weighted by molar-refractivity contribution is 4.79. The molecule has 1 aliphatic heterocycles. The molecule has 0 saturated carbocycles. The van der Waals surface area contributed by atoms with E-state index in [-0.39, 0.29) is 0 Å². The quantitative estimate of drug-likeness (QED) is 0.751. The molecule has 0 spiro atoms. The largest absolute Gasteiger partial charge is 0.328 e. The van der Waals surface area contributed by atoms with Crippen LogP contribution in [-0.2, 0) is 0 Å². The van der Waals surface area contributed by atoms with E-state index in [2.05, 4.69) is 32.6 Å². The first kappa shape index (κ1) is 16.0. The van der Waals surface area contributed by atoms with Crippen LogP contribution in [-0.4, -0.2) is 30.1 Å². The number of piperidine rings is 1. The summed E-state index contributed by atoms with van der Waals surface area (Å²) in [5.74, 6) is 1.76. The van der Waals surface area contributed by atoms with Crippen molar-refractivity contribution in [1.29, 1.82) is 0 Å². The van der Waals surface area contributed by atoms with E-state index in [9.17, 15) is 0 Å². The first-order chi connectivity index (χ1) is 8.52. The summed E-state index contributed by atoms with van der Waals surface area (Å²) >= 11 is 0. The Hall–Kier alpha value is -0.0800. The molecule has 1 aliphatic rings. The van der Waals surface area contributed by atoms with Gasteiger partial charge in [0.2, 0.25) is 0 Å². The lowest BCUT2D eigenvalue weighted by molar-refractivity contribution is 0.0978. The van der Waals surface area contributed by atoms with Crippen molar-refractivity contribution >= 4 is 0 Å². The van der Waals surface area contributed by atoms with E-state index in [0.717, 1.165) is 17.9 Å². The fourth-order valence-electron chi connectivity index (χ4n) is 3.13. The van der Waals surface area contributed by atoms with Crippen LogP contribution in [0.25, 0.3) is 0 Å². The van der Waals surface area contributed by atoms with Crippen molar-refractivity contribution in [3.8, 4) is 0 Å². The van der Waals surface area contributed by atoms with Gasteiger partial charge in [-0.15, -0.1) is 0 Å². The van der Waals surface area contributed by atoms with Crippen LogP contribution in [0.4, 0.5) is 0 Å². The zero-order valence-electron chi connectivity index (χ0n) is 13.0. The molecule has 2 nitrogen and oxygen atoms in total. The Morgan fingerprint density at radius 3 is 2.56 bits per heavy atom. The van der Waals surface area contributed by atoms with Crippen LogP contribution in [0.2, 0.25) is 0 Å². The second-order valence-corrected chi connectivity index (χ2v) is 6.67. The fraction of sp³-hybridized carbons (Fsp3) is 1.00. The van der Waals surface area contributed by atoms with Crippen molar-refractivity contribution < 1.29 is 0 Å². The molecule has 0 aromatic carbocycles. The number of nitrogens with two attached hydrogens (primary N) is 1. The minimum atomic E-state index is 0.371. The maximum atomic E-state index is 5.81. The van der Waals surface area contributed by atoms with Gasteiger partial charge in [-0.25, -0.2) is 0 Å². The van der Waals surface area contributed by atoms with E-state index in [1.165, 1.54) is 51.6 Å². The third-order valence-electron chi connectivity index (χ3n) is 4.59. The Balaban J connectivity index is 2.26. The van der Waals surface area contributed by atoms with Gasteiger partial charge in [-0.05, 0) is 51.4 Å². The molecule has 0 bridgehead atoms. The van der Waals surface area contributed by atoms with E-state index >= 15 is 0 Å². The Bertz CT molecular complexity index is 215. The minimum Gasteiger partial charge on any atom is -0.328 e. The van der Waals surface area contributed by atoms with Gasteiger partial charge in [0.15, 0.2) is 0 Å². The highest BCUT2D eigenvalue weighted by Crippen LogP contribution is 2.25. The van der Waals surface area contributed by atoms with Gasteiger partial charge in [0.1, 0.15) is 0 Å². The Morgan fingerprint density at radius 1 is 1.22 bits per heavy atom. The van der Waals surface area contributed by atoms with Crippen molar-refractivity contribution in [1.82, 2.24) is 4.90 Å². The number of hydrogen-bond acceptors (Lipinski definition) is 2. The molecule has 2 heteroatoms. The predicted octanol–water partition coefficient (Wildman–Crippen LogP) is 3.65. The highest BCUT2D eigenvalue weighted by atomic mass is 15.2. The fourth-order valence-corrected chi connectivity index (χ4v) is 3.13. The monoisotopic (exact) mass is 254 g/mol. The van der Waals surface area contributed by atoms with Gasteiger partial charge in [0, 0.05) is 25.2 Å². The molecule has 0 radical (unpaired) electrons. The number of hydrogen-bond donors (Lipinski definition) is 1. The van der Waals surface area contributed by atoms with Crippen LogP contribution in [0, 0.1) is 11.8 Å². The molecule has 1 heterocycles. The van der Waals surface area contributed by atoms with Crippen LogP contribution < -0.4 is 5.73 Å². The van der Waals surface area contributed by atoms with Crippen LogP contribution in [0.5, 0.6) is 0 Å². The van der Waals surface area contributed by atoms with Gasteiger partial charge in [-0.2, -0.15) is 0 Å². The van der Waals surface area contributed by atoms with Gasteiger partial charge in [-0.3, -0.25) is 0 Å². The lowest BCUT2D eigenvalue weighted by Crippen LogP contribution is -2.43. The molecular formula is C16H34N2. The molecule has 18 heavy (non-hydrogen) atoms. The molecule has 0 aromatic rings. The van der Waals surface area contributed by atoms with Crippen molar-refractivity contribution in [2.75, 3.05) is 13.1 Å². The molecular weight excluding hydrogens is 220 g/mol. The van der Waals surface area contributed by atoms with E-state index in [1.807, 2.05) is 0 Å². The number of likely N-dealkylation sites (tertiary alicyclic amines) is 1. The lowest BCUT2D eigenvalue weighted by Gasteiger charge is -2.39. The Labute approximate surface area is 114 Å². The van der Waals surface area contributed by atoms with Crippen molar-refractivity contribution in [2.24, 2.45) is 17.6 Å². The van der Waals surface area contributed by atoms with E-state index in [4.69, 9.17) is 5.73 Å². The topological polar surface area (TPSA) is 29.3 Å². The zero-order chi connectivity index (χ0) is 13.5. The summed E-state index contributed by atoms with van der Waals surface area (Å²) in [6, 6.07) is 1.17. The SMILES string of the molecule is CCC1CCC(C)N(CC(C)CCCC(C)N)C1. The minimum absolute atomic E-state index is 0.371. The number of nitrogens with zero attached hydrogens (tertiary/aromatic N) is 1. The third-order valence-corrected chi connectivity index (χ3v) is 4.59. The summed E-state index contributed by atoms with van der Waals surface area (Å²) < 4.78 is 0. The third kappa shape index (κ3) is 5.71. The second-order valence-electron chi connectivity index (χ2n) is 6.67. The zero-order valence-corrected chi connectivity index (χ0v) is 13.0. The van der Waals surface area contributed by atoms with Crippen molar-refractivity contribution in [3.05, 3.63) is 0 Å². The van der Waals surface area contributed by atoms with Crippen LogP contribution in [0.15, 0.2) is 0 Å². The molecule has 108 valence electrons. The van der Waals surface area contributed by atoms with Gasteiger partial charge < -0.3 is 10.6 Å². The second kappa shape index (κ2) is 8.16. The van der Waals surface area contributed by atoms with Crippen molar-refractivity contribution in [3.63, 3.8) is 0 Å². The maximum Gasteiger partial charge on any atom is 0.00672 e. The van der Waals surface area contributed by atoms with E-state index in [1.54, 1.807) is 0 Å². The van der Waals surface area contributed by atoms with Crippen molar-refractivity contribution in [2.45, 2.75) is 78.3 Å². The standard InChI is InChI=1S/C16H34N2/c1-5-16-10-9-15(4)18(12-16)11-13(2)7-6-8-14(3)17/h13-16H,5-12,17H2,1-4H3. The molecule has 1 fully saturated rings. The summed E-state index contributed by atoms with van der Waals surface area (Å²) in [6.07, 6.45) is 7.98. The van der Waals surface area contributed by atoms with Crippen LogP contribution >= 0.6 is 0 Å². The molecule has 4 unspecified atom stereocenters. The van der Waals surface area contributed by atoms with Crippen LogP contribution in [0.3, 0.4) is 0 Å². The number of rotatable bonds is 7. The van der Waals surface area contributed by atoms with E-state index in [0.29, 0.717) is 6.04 Å². The summed E-state index contributed by atoms with van der Waals surface area (Å²) in [6.45, 7) is 11.9. The molecule has 0 aliphatic carbocycles. The first-order valence-electron chi connectivity index (χ1n) is 8.02. The summed E-state index contributed by atoms with van der Waals surface area (Å²) in [5, 5.41) is 0. The molecule has 1 saturated heterocycles. The van der Waals surface area contributed by atoms with Gasteiger partial charge in [0.05, 0.1) is 0 Å². The molecule has 0 amide bonds. The normalized spacial score (nSPS) is 29.2. The Kier molecular flexibility index (Phi) is 7.25. The molecule has 2 N–H and O–H groups in total. The predicted molar refractivity (Wildman–Crippen MR) is 80.7 cm³/mol. The highest BCUT2D eigenvalue weighted by Gasteiger charge is 2.25. The summed E-state index contributed by atoms with van der Waals surface area (Å²) in [4.78, 5) is 2.73. The lowest BCUT2D eigenvalue weighted by atomic mass is 9.90. The van der Waals surface area contributed by atoms with Crippen LogP contribution in [0.1, 0.15) is 66.2 Å². The smallest absolute Gasteiger partial charge is 0.00672 e. The summed E-state index contributed by atoms with van der Waals surface area (Å²) in [7, 11) is 0. The van der Waals surface area contributed by atoms with Gasteiger partial charge in [0.25, 0.3) is 0 Å².